The normalized spacial score (nSPS) is 26.7. The molecule has 4 heteroatoms. The molecule has 0 aromatic heterocycles. The Balaban J connectivity index is 2.67. The summed E-state index contributed by atoms with van der Waals surface area (Å²) < 4.78 is 5.41. The maximum Gasteiger partial charge on any atom is 0.252 e. The molecule has 1 fully saturated rings. The Morgan fingerprint density at radius 1 is 1.60 bits per heavy atom. The zero-order valence-corrected chi connectivity index (χ0v) is 9.99. The molecule has 1 amide bonds. The molecule has 0 bridgehead atoms. The number of rotatable bonds is 3. The number of hydrogen-bond acceptors (Lipinski definition) is 3. The van der Waals surface area contributed by atoms with Crippen LogP contribution < -0.4 is 0 Å². The lowest BCUT2D eigenvalue weighted by molar-refractivity contribution is -0.147. The summed E-state index contributed by atoms with van der Waals surface area (Å²) in [7, 11) is 1.72. The van der Waals surface area contributed by atoms with Gasteiger partial charge in [-0.25, -0.2) is 0 Å². The summed E-state index contributed by atoms with van der Waals surface area (Å²) >= 11 is 0. The van der Waals surface area contributed by atoms with Gasteiger partial charge in [0.2, 0.25) is 0 Å². The van der Waals surface area contributed by atoms with Crippen LogP contribution in [0.1, 0.15) is 27.2 Å². The molecular formula is C11H21NO3. The zero-order valence-electron chi connectivity index (χ0n) is 9.99. The summed E-state index contributed by atoms with van der Waals surface area (Å²) in [5.41, 5.74) is -0.525. The fourth-order valence-electron chi connectivity index (χ4n) is 1.61. The Morgan fingerprint density at radius 3 is 2.60 bits per heavy atom. The van der Waals surface area contributed by atoms with Crippen molar-refractivity contribution >= 4 is 5.91 Å². The Morgan fingerprint density at radius 2 is 2.20 bits per heavy atom. The number of hydrogen-bond donors (Lipinski definition) is 1. The molecule has 2 atom stereocenters. The first kappa shape index (κ1) is 12.5. The van der Waals surface area contributed by atoms with Gasteiger partial charge in [0.25, 0.3) is 5.91 Å². The first-order valence-corrected chi connectivity index (χ1v) is 5.40. The van der Waals surface area contributed by atoms with Gasteiger partial charge in [-0.2, -0.15) is 0 Å². The molecule has 2 unspecified atom stereocenters. The zero-order chi connectivity index (χ0) is 11.6. The monoisotopic (exact) mass is 215 g/mol. The molecule has 1 heterocycles. The SMILES string of the molecule is CC1CCOC1C(=O)N(C)C(C)(C)CO. The highest BCUT2D eigenvalue weighted by Crippen LogP contribution is 2.24. The lowest BCUT2D eigenvalue weighted by atomic mass is 9.99. The van der Waals surface area contributed by atoms with Crippen LogP contribution in [-0.4, -0.2) is 47.8 Å². The van der Waals surface area contributed by atoms with Crippen molar-refractivity contribution < 1.29 is 14.6 Å². The second-order valence-electron chi connectivity index (χ2n) is 4.93. The molecule has 0 saturated carbocycles. The van der Waals surface area contributed by atoms with Crippen molar-refractivity contribution in [1.29, 1.82) is 0 Å². The minimum Gasteiger partial charge on any atom is -0.394 e. The molecular weight excluding hydrogens is 194 g/mol. The van der Waals surface area contributed by atoms with E-state index in [0.29, 0.717) is 6.61 Å². The van der Waals surface area contributed by atoms with Crippen LogP contribution in [0.25, 0.3) is 0 Å². The van der Waals surface area contributed by atoms with Crippen LogP contribution in [0.4, 0.5) is 0 Å². The van der Waals surface area contributed by atoms with Gasteiger partial charge in [0.15, 0.2) is 0 Å². The molecule has 88 valence electrons. The maximum absolute atomic E-state index is 12.1. The molecule has 1 saturated heterocycles. The highest BCUT2D eigenvalue weighted by atomic mass is 16.5. The third-order valence-corrected chi connectivity index (χ3v) is 3.26. The van der Waals surface area contributed by atoms with E-state index in [4.69, 9.17) is 4.74 Å². The number of ether oxygens (including phenoxy) is 1. The van der Waals surface area contributed by atoms with Crippen molar-refractivity contribution in [1.82, 2.24) is 4.90 Å². The molecule has 0 aromatic carbocycles. The van der Waals surface area contributed by atoms with Gasteiger partial charge >= 0.3 is 0 Å². The number of carbonyl (C=O) groups excluding carboxylic acids is 1. The second-order valence-corrected chi connectivity index (χ2v) is 4.93. The minimum absolute atomic E-state index is 0.0287. The van der Waals surface area contributed by atoms with E-state index in [1.807, 2.05) is 20.8 Å². The van der Waals surface area contributed by atoms with Crippen LogP contribution in [0, 0.1) is 5.92 Å². The van der Waals surface area contributed by atoms with E-state index in [9.17, 15) is 9.90 Å². The van der Waals surface area contributed by atoms with Gasteiger partial charge in [-0.3, -0.25) is 4.79 Å². The first-order chi connectivity index (χ1) is 6.90. The van der Waals surface area contributed by atoms with E-state index < -0.39 is 5.54 Å². The van der Waals surface area contributed by atoms with Crippen molar-refractivity contribution in [2.45, 2.75) is 38.8 Å². The van der Waals surface area contributed by atoms with Gasteiger partial charge in [0.1, 0.15) is 6.10 Å². The summed E-state index contributed by atoms with van der Waals surface area (Å²) in [6, 6.07) is 0. The second kappa shape index (κ2) is 4.49. The van der Waals surface area contributed by atoms with Gasteiger partial charge < -0.3 is 14.7 Å². The van der Waals surface area contributed by atoms with E-state index in [1.165, 1.54) is 0 Å². The van der Waals surface area contributed by atoms with E-state index in [1.54, 1.807) is 11.9 Å². The summed E-state index contributed by atoms with van der Waals surface area (Å²) in [6.45, 7) is 6.31. The van der Waals surface area contributed by atoms with Crippen molar-refractivity contribution in [2.75, 3.05) is 20.3 Å². The van der Waals surface area contributed by atoms with E-state index >= 15 is 0 Å². The molecule has 4 nitrogen and oxygen atoms in total. The standard InChI is InChI=1S/C11H21NO3/c1-8-5-6-15-9(8)10(14)12(4)11(2,3)7-13/h8-9,13H,5-7H2,1-4H3. The smallest absolute Gasteiger partial charge is 0.252 e. The molecule has 1 aliphatic rings. The Hall–Kier alpha value is -0.610. The van der Waals surface area contributed by atoms with E-state index in [0.717, 1.165) is 6.42 Å². The van der Waals surface area contributed by atoms with Crippen molar-refractivity contribution in [2.24, 2.45) is 5.92 Å². The summed E-state index contributed by atoms with van der Waals surface area (Å²) in [4.78, 5) is 13.6. The molecule has 0 aromatic rings. The highest BCUT2D eigenvalue weighted by molar-refractivity contribution is 5.82. The molecule has 0 aliphatic carbocycles. The first-order valence-electron chi connectivity index (χ1n) is 5.40. The van der Waals surface area contributed by atoms with Crippen molar-refractivity contribution in [3.05, 3.63) is 0 Å². The molecule has 1 rings (SSSR count). The van der Waals surface area contributed by atoms with Gasteiger partial charge in [0, 0.05) is 13.7 Å². The third-order valence-electron chi connectivity index (χ3n) is 3.26. The quantitative estimate of drug-likeness (QED) is 0.751. The number of nitrogens with zero attached hydrogens (tertiary/aromatic N) is 1. The Labute approximate surface area is 91.2 Å². The van der Waals surface area contributed by atoms with Gasteiger partial charge in [-0.15, -0.1) is 0 Å². The summed E-state index contributed by atoms with van der Waals surface area (Å²) in [5, 5.41) is 9.19. The minimum atomic E-state index is -0.525. The summed E-state index contributed by atoms with van der Waals surface area (Å²) in [5.74, 6) is 0.244. The van der Waals surface area contributed by atoms with Crippen LogP contribution >= 0.6 is 0 Å². The number of aliphatic hydroxyl groups excluding tert-OH is 1. The van der Waals surface area contributed by atoms with Crippen molar-refractivity contribution in [3.63, 3.8) is 0 Å². The molecule has 0 radical (unpaired) electrons. The molecule has 1 N–H and O–H groups in total. The summed E-state index contributed by atoms with van der Waals surface area (Å²) in [6.07, 6.45) is 0.602. The Bertz CT molecular complexity index is 240. The molecule has 1 aliphatic heterocycles. The van der Waals surface area contributed by atoms with Gasteiger partial charge in [-0.1, -0.05) is 6.92 Å². The molecule has 0 spiro atoms. The van der Waals surface area contributed by atoms with Crippen LogP contribution in [-0.2, 0) is 9.53 Å². The topological polar surface area (TPSA) is 49.8 Å². The van der Waals surface area contributed by atoms with Crippen LogP contribution in [0.5, 0.6) is 0 Å². The fraction of sp³-hybridized carbons (Fsp3) is 0.909. The largest absolute Gasteiger partial charge is 0.394 e. The highest BCUT2D eigenvalue weighted by Gasteiger charge is 2.37. The maximum atomic E-state index is 12.1. The number of aliphatic hydroxyl groups is 1. The predicted molar refractivity (Wildman–Crippen MR) is 57.5 cm³/mol. The van der Waals surface area contributed by atoms with Gasteiger partial charge in [-0.05, 0) is 26.2 Å². The van der Waals surface area contributed by atoms with Gasteiger partial charge in [0.05, 0.1) is 12.1 Å². The average molecular weight is 215 g/mol. The number of carbonyl (C=O) groups is 1. The van der Waals surface area contributed by atoms with Crippen molar-refractivity contribution in [3.8, 4) is 0 Å². The van der Waals surface area contributed by atoms with E-state index in [2.05, 4.69) is 0 Å². The number of likely N-dealkylation sites (N-methyl/N-ethyl adjacent to an activating group) is 1. The van der Waals surface area contributed by atoms with E-state index in [-0.39, 0.29) is 24.5 Å². The molecule has 15 heavy (non-hydrogen) atoms. The lowest BCUT2D eigenvalue weighted by Crippen LogP contribution is -2.52. The Kier molecular flexibility index (Phi) is 3.73. The average Bonchev–Trinajstić information content (AvgIpc) is 2.62. The van der Waals surface area contributed by atoms with Crippen LogP contribution in [0.3, 0.4) is 0 Å². The van der Waals surface area contributed by atoms with Crippen LogP contribution in [0.15, 0.2) is 0 Å². The lowest BCUT2D eigenvalue weighted by Gasteiger charge is -2.36. The number of amides is 1. The third kappa shape index (κ3) is 2.49. The predicted octanol–water partition coefficient (Wildman–Crippen LogP) is 0.641. The fourth-order valence-corrected chi connectivity index (χ4v) is 1.61. The van der Waals surface area contributed by atoms with Crippen LogP contribution in [0.2, 0.25) is 0 Å².